The van der Waals surface area contributed by atoms with Gasteiger partial charge in [0.05, 0.1) is 7.11 Å². The quantitative estimate of drug-likeness (QED) is 0.837. The first-order chi connectivity index (χ1) is 8.29. The average Bonchev–Trinajstić information content (AvgIpc) is 2.60. The molecule has 1 aromatic carbocycles. The summed E-state index contributed by atoms with van der Waals surface area (Å²) in [5, 5.41) is 0. The average molecular weight is 252 g/mol. The van der Waals surface area contributed by atoms with Crippen molar-refractivity contribution in [1.29, 1.82) is 0 Å². The molecule has 0 saturated carbocycles. The standard InChI is InChI=1S/C13H20N2OS/c1-16-12-3-4-13(14)11(9-12)10-15-5-2-7-17-8-6-15/h3-4,9H,2,5-8,10,14H2,1H3. The molecule has 0 aliphatic carbocycles. The molecule has 94 valence electrons. The highest BCUT2D eigenvalue weighted by Crippen LogP contribution is 2.22. The van der Waals surface area contributed by atoms with Crippen molar-refractivity contribution in [2.24, 2.45) is 0 Å². The van der Waals surface area contributed by atoms with Crippen molar-refractivity contribution in [2.75, 3.05) is 37.4 Å². The number of nitrogens with zero attached hydrogens (tertiary/aromatic N) is 1. The first-order valence-corrected chi connectivity index (χ1v) is 7.17. The molecular formula is C13H20N2OS. The molecule has 17 heavy (non-hydrogen) atoms. The SMILES string of the molecule is COc1ccc(N)c(CN2CCCSCC2)c1. The summed E-state index contributed by atoms with van der Waals surface area (Å²) in [6.07, 6.45) is 1.27. The summed E-state index contributed by atoms with van der Waals surface area (Å²) in [6.45, 7) is 3.26. The van der Waals surface area contributed by atoms with Gasteiger partial charge >= 0.3 is 0 Å². The second-order valence-electron chi connectivity index (χ2n) is 4.31. The van der Waals surface area contributed by atoms with Crippen LogP contribution in [0.5, 0.6) is 5.75 Å². The summed E-state index contributed by atoms with van der Waals surface area (Å²) >= 11 is 2.04. The molecular weight excluding hydrogens is 232 g/mol. The van der Waals surface area contributed by atoms with Crippen LogP contribution in [-0.4, -0.2) is 36.6 Å². The van der Waals surface area contributed by atoms with Crippen molar-refractivity contribution in [2.45, 2.75) is 13.0 Å². The van der Waals surface area contributed by atoms with Crippen molar-refractivity contribution in [3.05, 3.63) is 23.8 Å². The smallest absolute Gasteiger partial charge is 0.119 e. The zero-order chi connectivity index (χ0) is 12.1. The fourth-order valence-corrected chi connectivity index (χ4v) is 2.97. The summed E-state index contributed by atoms with van der Waals surface area (Å²) < 4.78 is 5.25. The molecule has 0 unspecified atom stereocenters. The number of benzene rings is 1. The minimum atomic E-state index is 0.864. The Labute approximate surface area is 107 Å². The normalized spacial score (nSPS) is 17.7. The first-order valence-electron chi connectivity index (χ1n) is 6.02. The van der Waals surface area contributed by atoms with Crippen molar-refractivity contribution >= 4 is 17.4 Å². The lowest BCUT2D eigenvalue weighted by atomic mass is 10.1. The monoisotopic (exact) mass is 252 g/mol. The van der Waals surface area contributed by atoms with E-state index in [1.807, 2.05) is 30.0 Å². The van der Waals surface area contributed by atoms with Crippen molar-refractivity contribution in [1.82, 2.24) is 4.90 Å². The zero-order valence-corrected chi connectivity index (χ0v) is 11.1. The van der Waals surface area contributed by atoms with Crippen LogP contribution >= 0.6 is 11.8 Å². The Hall–Kier alpha value is -0.870. The molecule has 1 fully saturated rings. The highest BCUT2D eigenvalue weighted by atomic mass is 32.2. The van der Waals surface area contributed by atoms with Crippen molar-refractivity contribution in [3.63, 3.8) is 0 Å². The van der Waals surface area contributed by atoms with Crippen LogP contribution in [0.15, 0.2) is 18.2 Å². The number of thioether (sulfide) groups is 1. The van der Waals surface area contributed by atoms with E-state index in [1.54, 1.807) is 7.11 Å². The van der Waals surface area contributed by atoms with E-state index >= 15 is 0 Å². The third-order valence-corrected chi connectivity index (χ3v) is 4.11. The zero-order valence-electron chi connectivity index (χ0n) is 10.3. The maximum Gasteiger partial charge on any atom is 0.119 e. The Bertz CT molecular complexity index is 362. The van der Waals surface area contributed by atoms with E-state index in [4.69, 9.17) is 10.5 Å². The maximum atomic E-state index is 6.01. The fourth-order valence-electron chi connectivity index (χ4n) is 2.04. The molecule has 0 atom stereocenters. The van der Waals surface area contributed by atoms with Gasteiger partial charge in [-0.05, 0) is 42.5 Å². The molecule has 0 radical (unpaired) electrons. The van der Waals surface area contributed by atoms with E-state index in [9.17, 15) is 0 Å². The molecule has 0 bridgehead atoms. The lowest BCUT2D eigenvalue weighted by molar-refractivity contribution is 0.287. The molecule has 2 N–H and O–H groups in total. The van der Waals surface area contributed by atoms with Crippen LogP contribution in [0.25, 0.3) is 0 Å². The second kappa shape index (κ2) is 6.17. The lowest BCUT2D eigenvalue weighted by Crippen LogP contribution is -2.25. The van der Waals surface area contributed by atoms with Gasteiger partial charge in [-0.15, -0.1) is 0 Å². The highest BCUT2D eigenvalue weighted by molar-refractivity contribution is 7.99. The third kappa shape index (κ3) is 3.54. The number of ether oxygens (including phenoxy) is 1. The maximum absolute atomic E-state index is 6.01. The summed E-state index contributed by atoms with van der Waals surface area (Å²) in [5.41, 5.74) is 8.05. The molecule has 4 heteroatoms. The van der Waals surface area contributed by atoms with Gasteiger partial charge in [-0.2, -0.15) is 11.8 Å². The number of anilines is 1. The van der Waals surface area contributed by atoms with Crippen LogP contribution in [0.3, 0.4) is 0 Å². The van der Waals surface area contributed by atoms with E-state index in [1.165, 1.54) is 30.0 Å². The van der Waals surface area contributed by atoms with Crippen LogP contribution in [-0.2, 0) is 6.54 Å². The van der Waals surface area contributed by atoms with Crippen LogP contribution in [0.4, 0.5) is 5.69 Å². The molecule has 1 aliphatic rings. The second-order valence-corrected chi connectivity index (χ2v) is 5.53. The summed E-state index contributed by atoms with van der Waals surface area (Å²) in [7, 11) is 1.69. The van der Waals surface area contributed by atoms with Gasteiger partial charge < -0.3 is 10.5 Å². The van der Waals surface area contributed by atoms with Crippen LogP contribution < -0.4 is 10.5 Å². The predicted octanol–water partition coefficient (Wildman–Crippen LogP) is 2.22. The Morgan fingerprint density at radius 2 is 2.24 bits per heavy atom. The van der Waals surface area contributed by atoms with Gasteiger partial charge in [-0.1, -0.05) is 0 Å². The molecule has 0 amide bonds. The molecule has 0 aromatic heterocycles. The van der Waals surface area contributed by atoms with E-state index in [2.05, 4.69) is 4.90 Å². The third-order valence-electron chi connectivity index (χ3n) is 3.06. The van der Waals surface area contributed by atoms with Crippen LogP contribution in [0.1, 0.15) is 12.0 Å². The van der Waals surface area contributed by atoms with Crippen molar-refractivity contribution < 1.29 is 4.74 Å². The lowest BCUT2D eigenvalue weighted by Gasteiger charge is -2.20. The van der Waals surface area contributed by atoms with Crippen LogP contribution in [0, 0.1) is 0 Å². The first kappa shape index (κ1) is 12.6. The number of nitrogens with two attached hydrogens (primary N) is 1. The Morgan fingerprint density at radius 1 is 1.35 bits per heavy atom. The summed E-state index contributed by atoms with van der Waals surface area (Å²) in [4.78, 5) is 2.48. The van der Waals surface area contributed by atoms with E-state index in [0.717, 1.165) is 24.5 Å². The largest absolute Gasteiger partial charge is 0.497 e. The minimum Gasteiger partial charge on any atom is -0.497 e. The number of rotatable bonds is 3. The van der Waals surface area contributed by atoms with Gasteiger partial charge in [0.25, 0.3) is 0 Å². The Balaban J connectivity index is 2.05. The Kier molecular flexibility index (Phi) is 4.57. The number of hydrogen-bond donors (Lipinski definition) is 1. The number of nitrogen functional groups attached to an aromatic ring is 1. The van der Waals surface area contributed by atoms with E-state index < -0.39 is 0 Å². The molecule has 1 saturated heterocycles. The van der Waals surface area contributed by atoms with Gasteiger partial charge in [-0.3, -0.25) is 4.90 Å². The molecule has 1 heterocycles. The predicted molar refractivity (Wildman–Crippen MR) is 74.6 cm³/mol. The van der Waals surface area contributed by atoms with Gasteiger partial charge in [0.2, 0.25) is 0 Å². The molecule has 3 nitrogen and oxygen atoms in total. The van der Waals surface area contributed by atoms with Gasteiger partial charge in [0.1, 0.15) is 5.75 Å². The summed E-state index contributed by atoms with van der Waals surface area (Å²) in [6, 6.07) is 5.89. The molecule has 0 spiro atoms. The van der Waals surface area contributed by atoms with Gasteiger partial charge in [0, 0.05) is 24.5 Å². The van der Waals surface area contributed by atoms with E-state index in [-0.39, 0.29) is 0 Å². The molecule has 1 aliphatic heterocycles. The van der Waals surface area contributed by atoms with Gasteiger partial charge in [-0.25, -0.2) is 0 Å². The molecule has 2 rings (SSSR count). The topological polar surface area (TPSA) is 38.5 Å². The molecule has 1 aromatic rings. The Morgan fingerprint density at radius 3 is 3.06 bits per heavy atom. The fraction of sp³-hybridized carbons (Fsp3) is 0.538. The number of methoxy groups -OCH3 is 1. The number of hydrogen-bond acceptors (Lipinski definition) is 4. The van der Waals surface area contributed by atoms with Gasteiger partial charge in [0.15, 0.2) is 0 Å². The van der Waals surface area contributed by atoms with Crippen LogP contribution in [0.2, 0.25) is 0 Å². The summed E-state index contributed by atoms with van der Waals surface area (Å²) in [5.74, 6) is 3.40. The van der Waals surface area contributed by atoms with Crippen molar-refractivity contribution in [3.8, 4) is 5.75 Å². The highest BCUT2D eigenvalue weighted by Gasteiger charge is 2.11. The van der Waals surface area contributed by atoms with E-state index in [0.29, 0.717) is 0 Å². The minimum absolute atomic E-state index is 0.864.